The van der Waals surface area contributed by atoms with Crippen molar-refractivity contribution in [1.82, 2.24) is 9.78 Å². The number of nitrogens with two attached hydrogens (primary N) is 1. The van der Waals surface area contributed by atoms with E-state index in [-0.39, 0.29) is 0 Å². The van der Waals surface area contributed by atoms with Gasteiger partial charge in [-0.25, -0.2) is 0 Å². The first-order chi connectivity index (χ1) is 7.66. The molecular weight excluding hydrogens is 200 g/mol. The average molecular weight is 220 g/mol. The molecule has 1 fully saturated rings. The molecule has 16 heavy (non-hydrogen) atoms. The maximum atomic E-state index is 5.82. The molecule has 0 radical (unpaired) electrons. The van der Waals surface area contributed by atoms with E-state index in [1.165, 1.54) is 18.5 Å². The predicted molar refractivity (Wildman–Crippen MR) is 65.5 cm³/mol. The van der Waals surface area contributed by atoms with Crippen LogP contribution in [-0.4, -0.2) is 22.2 Å². The van der Waals surface area contributed by atoms with Crippen LogP contribution in [0.5, 0.6) is 0 Å². The van der Waals surface area contributed by atoms with Crippen molar-refractivity contribution in [3.63, 3.8) is 0 Å². The maximum Gasteiger partial charge on any atom is 0.0968 e. The largest absolute Gasteiger partial charge is 0.387 e. The van der Waals surface area contributed by atoms with Crippen molar-refractivity contribution >= 4 is 5.84 Å². The Balaban J connectivity index is 1.75. The summed E-state index contributed by atoms with van der Waals surface area (Å²) in [6.07, 6.45) is 3.47. The van der Waals surface area contributed by atoms with Crippen LogP contribution in [0.1, 0.15) is 30.7 Å². The molecule has 0 bridgehead atoms. The third-order valence-corrected chi connectivity index (χ3v) is 2.92. The van der Waals surface area contributed by atoms with Gasteiger partial charge in [0.15, 0.2) is 0 Å². The van der Waals surface area contributed by atoms with Gasteiger partial charge in [0.1, 0.15) is 0 Å². The van der Waals surface area contributed by atoms with E-state index in [1.54, 1.807) is 0 Å². The maximum absolute atomic E-state index is 5.82. The first kappa shape index (κ1) is 11.2. The van der Waals surface area contributed by atoms with E-state index in [4.69, 9.17) is 5.73 Å². The molecule has 1 heterocycles. The predicted octanol–water partition coefficient (Wildman–Crippen LogP) is 1.66. The van der Waals surface area contributed by atoms with Gasteiger partial charge in [-0.15, -0.1) is 0 Å². The highest BCUT2D eigenvalue weighted by Gasteiger charge is 2.24. The van der Waals surface area contributed by atoms with Crippen molar-refractivity contribution in [2.75, 3.05) is 6.54 Å². The van der Waals surface area contributed by atoms with Crippen LogP contribution in [-0.2, 0) is 6.54 Å². The number of aromatic nitrogens is 2. The minimum Gasteiger partial charge on any atom is -0.387 e. The van der Waals surface area contributed by atoms with Crippen molar-refractivity contribution in [2.45, 2.75) is 39.7 Å². The Hall–Kier alpha value is -1.32. The average Bonchev–Trinajstić information content (AvgIpc) is 3.01. The molecule has 88 valence electrons. The Bertz CT molecular complexity index is 388. The smallest absolute Gasteiger partial charge is 0.0968 e. The standard InChI is InChI=1S/C12H20N4/c1-9-8-10(2)16(15-9)7-3-6-14-12(13)11-4-5-11/h8,11H,3-7H2,1-2H3,(H2,13,14). The second kappa shape index (κ2) is 4.68. The molecule has 4 heteroatoms. The van der Waals surface area contributed by atoms with Crippen LogP contribution in [0.15, 0.2) is 11.1 Å². The van der Waals surface area contributed by atoms with Crippen LogP contribution in [0.25, 0.3) is 0 Å². The summed E-state index contributed by atoms with van der Waals surface area (Å²) in [5.74, 6) is 1.45. The first-order valence-electron chi connectivity index (χ1n) is 5.97. The molecule has 2 N–H and O–H groups in total. The summed E-state index contributed by atoms with van der Waals surface area (Å²) < 4.78 is 2.04. The van der Waals surface area contributed by atoms with Gasteiger partial charge in [0.2, 0.25) is 0 Å². The van der Waals surface area contributed by atoms with Gasteiger partial charge >= 0.3 is 0 Å². The lowest BCUT2D eigenvalue weighted by atomic mass is 10.3. The van der Waals surface area contributed by atoms with Crippen LogP contribution in [0.3, 0.4) is 0 Å². The fourth-order valence-electron chi connectivity index (χ4n) is 1.84. The first-order valence-corrected chi connectivity index (χ1v) is 5.97. The van der Waals surface area contributed by atoms with Gasteiger partial charge < -0.3 is 5.73 Å². The lowest BCUT2D eigenvalue weighted by molar-refractivity contribution is 0.568. The van der Waals surface area contributed by atoms with Gasteiger partial charge in [-0.3, -0.25) is 9.67 Å². The van der Waals surface area contributed by atoms with E-state index in [0.29, 0.717) is 5.92 Å². The molecular formula is C12H20N4. The minimum atomic E-state index is 0.591. The van der Waals surface area contributed by atoms with E-state index in [1.807, 2.05) is 11.6 Å². The molecule has 1 aromatic rings. The SMILES string of the molecule is Cc1cc(C)n(CCCN=C(N)C2CC2)n1. The van der Waals surface area contributed by atoms with Crippen LogP contribution in [0.2, 0.25) is 0 Å². The second-order valence-corrected chi connectivity index (χ2v) is 4.58. The summed E-state index contributed by atoms with van der Waals surface area (Å²) in [6, 6.07) is 2.10. The van der Waals surface area contributed by atoms with Gasteiger partial charge in [0.05, 0.1) is 11.5 Å². The zero-order chi connectivity index (χ0) is 11.5. The third kappa shape index (κ3) is 2.84. The fraction of sp³-hybridized carbons (Fsp3) is 0.667. The molecule has 1 saturated carbocycles. The minimum absolute atomic E-state index is 0.591. The van der Waals surface area contributed by atoms with E-state index in [9.17, 15) is 0 Å². The van der Waals surface area contributed by atoms with E-state index in [2.05, 4.69) is 23.1 Å². The number of aryl methyl sites for hydroxylation is 3. The van der Waals surface area contributed by atoms with Crippen LogP contribution in [0, 0.1) is 19.8 Å². The summed E-state index contributed by atoms with van der Waals surface area (Å²) in [5.41, 5.74) is 8.12. The summed E-state index contributed by atoms with van der Waals surface area (Å²) in [6.45, 7) is 5.86. The Morgan fingerprint density at radius 1 is 1.56 bits per heavy atom. The normalized spacial score (nSPS) is 16.8. The molecule has 0 saturated heterocycles. The molecule has 1 aliphatic rings. The van der Waals surface area contributed by atoms with Gasteiger partial charge in [-0.05, 0) is 39.2 Å². The van der Waals surface area contributed by atoms with Gasteiger partial charge in [0, 0.05) is 24.7 Å². The zero-order valence-corrected chi connectivity index (χ0v) is 10.1. The van der Waals surface area contributed by atoms with Crippen molar-refractivity contribution in [3.05, 3.63) is 17.5 Å². The quantitative estimate of drug-likeness (QED) is 0.466. The molecule has 4 nitrogen and oxygen atoms in total. The Kier molecular flexibility index (Phi) is 3.27. The monoisotopic (exact) mass is 220 g/mol. The van der Waals surface area contributed by atoms with Gasteiger partial charge in [-0.2, -0.15) is 5.10 Å². The molecule has 2 rings (SSSR count). The second-order valence-electron chi connectivity index (χ2n) is 4.58. The highest BCUT2D eigenvalue weighted by Crippen LogP contribution is 2.28. The van der Waals surface area contributed by atoms with E-state index in [0.717, 1.165) is 31.0 Å². The number of rotatable bonds is 5. The zero-order valence-electron chi connectivity index (χ0n) is 10.1. The summed E-state index contributed by atoms with van der Waals surface area (Å²) in [7, 11) is 0. The molecule has 0 atom stereocenters. The van der Waals surface area contributed by atoms with Crippen LogP contribution >= 0.6 is 0 Å². The third-order valence-electron chi connectivity index (χ3n) is 2.92. The number of aliphatic imine (C=N–C) groups is 1. The Labute approximate surface area is 96.6 Å². The summed E-state index contributed by atoms with van der Waals surface area (Å²) in [4.78, 5) is 4.39. The van der Waals surface area contributed by atoms with Crippen LogP contribution < -0.4 is 5.73 Å². The fourth-order valence-corrected chi connectivity index (χ4v) is 1.84. The molecule has 1 aliphatic carbocycles. The van der Waals surface area contributed by atoms with Crippen molar-refractivity contribution in [2.24, 2.45) is 16.6 Å². The molecule has 0 aliphatic heterocycles. The number of amidine groups is 1. The Morgan fingerprint density at radius 2 is 2.31 bits per heavy atom. The lowest BCUT2D eigenvalue weighted by Crippen LogP contribution is -2.15. The van der Waals surface area contributed by atoms with E-state index >= 15 is 0 Å². The lowest BCUT2D eigenvalue weighted by Gasteiger charge is -2.02. The molecule has 1 aromatic heterocycles. The highest BCUT2D eigenvalue weighted by molar-refractivity contribution is 5.84. The van der Waals surface area contributed by atoms with Crippen molar-refractivity contribution in [3.8, 4) is 0 Å². The Morgan fingerprint density at radius 3 is 2.88 bits per heavy atom. The molecule has 0 amide bonds. The van der Waals surface area contributed by atoms with Crippen molar-refractivity contribution in [1.29, 1.82) is 0 Å². The van der Waals surface area contributed by atoms with Gasteiger partial charge in [0.25, 0.3) is 0 Å². The topological polar surface area (TPSA) is 56.2 Å². The molecule has 0 unspecified atom stereocenters. The highest BCUT2D eigenvalue weighted by atomic mass is 15.3. The van der Waals surface area contributed by atoms with Crippen molar-refractivity contribution < 1.29 is 0 Å². The molecule has 0 aromatic carbocycles. The summed E-state index contributed by atoms with van der Waals surface area (Å²) >= 11 is 0. The number of nitrogens with zero attached hydrogens (tertiary/aromatic N) is 3. The number of hydrogen-bond donors (Lipinski definition) is 1. The van der Waals surface area contributed by atoms with E-state index < -0.39 is 0 Å². The molecule has 0 spiro atoms. The number of hydrogen-bond acceptors (Lipinski definition) is 2. The van der Waals surface area contributed by atoms with Gasteiger partial charge in [-0.1, -0.05) is 0 Å². The summed E-state index contributed by atoms with van der Waals surface area (Å²) in [5, 5.41) is 4.41. The van der Waals surface area contributed by atoms with Crippen LogP contribution in [0.4, 0.5) is 0 Å².